The molecule has 0 aromatic heterocycles. The monoisotopic (exact) mass is 713 g/mol. The van der Waals surface area contributed by atoms with E-state index in [1.807, 2.05) is 30.3 Å². The first-order valence-electron chi connectivity index (χ1n) is 20.7. The molecular formula is C50H80O2. The number of ether oxygens (including phenoxy) is 2. The van der Waals surface area contributed by atoms with E-state index in [1.54, 1.807) is 0 Å². The highest BCUT2D eigenvalue weighted by molar-refractivity contribution is 5.43. The molecule has 2 aromatic rings. The van der Waals surface area contributed by atoms with Gasteiger partial charge in [-0.15, -0.1) is 0 Å². The molecule has 52 heavy (non-hydrogen) atoms. The van der Waals surface area contributed by atoms with Crippen LogP contribution in [0.3, 0.4) is 0 Å². The van der Waals surface area contributed by atoms with E-state index in [4.69, 9.17) is 9.47 Å². The average Bonchev–Trinajstić information content (AvgIpc) is 3.06. The lowest BCUT2D eigenvalue weighted by molar-refractivity contribution is 0.356. The van der Waals surface area contributed by atoms with Gasteiger partial charge in [0.15, 0.2) is 0 Å². The predicted molar refractivity (Wildman–Crippen MR) is 232 cm³/mol. The highest BCUT2D eigenvalue weighted by Crippen LogP contribution is 2.25. The largest absolute Gasteiger partial charge is 0.490 e. The first kappa shape index (κ1) is 47.0. The minimum atomic E-state index is 0.653. The van der Waals surface area contributed by atoms with Gasteiger partial charge < -0.3 is 9.47 Å². The van der Waals surface area contributed by atoms with Crippen molar-refractivity contribution in [2.45, 2.75) is 167 Å². The van der Waals surface area contributed by atoms with E-state index in [2.05, 4.69) is 120 Å². The summed E-state index contributed by atoms with van der Waals surface area (Å²) in [6.07, 6.45) is 26.0. The highest BCUT2D eigenvalue weighted by atomic mass is 16.5. The van der Waals surface area contributed by atoms with Gasteiger partial charge in [-0.3, -0.25) is 0 Å². The van der Waals surface area contributed by atoms with E-state index in [-0.39, 0.29) is 0 Å². The molecule has 292 valence electrons. The number of rotatable bonds is 24. The minimum absolute atomic E-state index is 0.653. The number of para-hydroxylation sites is 1. The first-order chi connectivity index (χ1) is 24.8. The number of aryl methyl sites for hydroxylation is 3. The molecule has 0 aliphatic rings. The third kappa shape index (κ3) is 25.1. The second-order valence-electron chi connectivity index (χ2n) is 16.5. The Labute approximate surface area is 323 Å². The molecule has 0 N–H and O–H groups in total. The Morgan fingerprint density at radius 3 is 1.60 bits per heavy atom. The quantitative estimate of drug-likeness (QED) is 0.101. The summed E-state index contributed by atoms with van der Waals surface area (Å²) in [4.78, 5) is 0. The fraction of sp³-hybridized carbons (Fsp3) is 0.600. The van der Waals surface area contributed by atoms with Crippen LogP contribution in [-0.4, -0.2) is 13.2 Å². The van der Waals surface area contributed by atoms with E-state index >= 15 is 0 Å². The van der Waals surface area contributed by atoms with Gasteiger partial charge >= 0.3 is 0 Å². The lowest BCUT2D eigenvalue weighted by atomic mass is 9.91. The smallest absolute Gasteiger partial charge is 0.125 e. The molecule has 0 spiro atoms. The number of benzene rings is 2. The van der Waals surface area contributed by atoms with Crippen molar-refractivity contribution in [3.63, 3.8) is 0 Å². The first-order valence-corrected chi connectivity index (χ1v) is 20.7. The van der Waals surface area contributed by atoms with E-state index in [0.29, 0.717) is 13.2 Å². The molecule has 0 saturated carbocycles. The zero-order chi connectivity index (χ0) is 38.7. The van der Waals surface area contributed by atoms with E-state index < -0.39 is 0 Å². The summed E-state index contributed by atoms with van der Waals surface area (Å²) in [5, 5.41) is 0. The molecule has 0 aliphatic carbocycles. The molecule has 2 heteroatoms. The molecule has 0 aliphatic heterocycles. The van der Waals surface area contributed by atoms with E-state index in [1.165, 1.54) is 103 Å². The maximum atomic E-state index is 6.00. The van der Waals surface area contributed by atoms with Crippen molar-refractivity contribution in [3.05, 3.63) is 106 Å². The van der Waals surface area contributed by atoms with E-state index in [0.717, 1.165) is 48.5 Å². The van der Waals surface area contributed by atoms with Crippen LogP contribution in [0.1, 0.15) is 162 Å². The van der Waals surface area contributed by atoms with Gasteiger partial charge in [0.1, 0.15) is 24.7 Å². The van der Waals surface area contributed by atoms with Crippen molar-refractivity contribution in [1.29, 1.82) is 0 Å². The molecule has 2 atom stereocenters. The van der Waals surface area contributed by atoms with Crippen LogP contribution in [0.4, 0.5) is 0 Å². The summed E-state index contributed by atoms with van der Waals surface area (Å²) < 4.78 is 11.7. The van der Waals surface area contributed by atoms with Crippen LogP contribution in [0, 0.1) is 38.5 Å². The van der Waals surface area contributed by atoms with Crippen molar-refractivity contribution in [1.82, 2.24) is 0 Å². The predicted octanol–water partition coefficient (Wildman–Crippen LogP) is 15.9. The van der Waals surface area contributed by atoms with Crippen LogP contribution in [0.15, 0.2) is 89.1 Å². The number of allylic oxidation sites excluding steroid dienone is 6. The highest BCUT2D eigenvalue weighted by Gasteiger charge is 2.07. The summed E-state index contributed by atoms with van der Waals surface area (Å²) in [6, 6.07) is 14.4. The van der Waals surface area contributed by atoms with Crippen molar-refractivity contribution in [2.75, 3.05) is 13.2 Å². The normalized spacial score (nSPS) is 13.4. The summed E-state index contributed by atoms with van der Waals surface area (Å²) in [6.45, 7) is 28.2. The molecule has 0 bridgehead atoms. The Hall–Kier alpha value is -3.00. The van der Waals surface area contributed by atoms with Crippen LogP contribution in [0.25, 0.3) is 0 Å². The van der Waals surface area contributed by atoms with Gasteiger partial charge in [0, 0.05) is 0 Å². The molecule has 2 aromatic carbocycles. The molecular weight excluding hydrogens is 633 g/mol. The van der Waals surface area contributed by atoms with Gasteiger partial charge in [-0.25, -0.2) is 0 Å². The fourth-order valence-electron chi connectivity index (χ4n) is 6.61. The average molecular weight is 713 g/mol. The lowest BCUT2D eigenvalue weighted by Gasteiger charge is -2.15. The Bertz CT molecular complexity index is 1310. The Morgan fingerprint density at radius 2 is 1.04 bits per heavy atom. The van der Waals surface area contributed by atoms with Crippen molar-refractivity contribution >= 4 is 0 Å². The number of hydrogen-bond acceptors (Lipinski definition) is 2. The van der Waals surface area contributed by atoms with Crippen LogP contribution >= 0.6 is 0 Å². The zero-order valence-corrected chi connectivity index (χ0v) is 36.0. The van der Waals surface area contributed by atoms with Gasteiger partial charge in [-0.1, -0.05) is 143 Å². The molecule has 0 fully saturated rings. The topological polar surface area (TPSA) is 18.5 Å². The van der Waals surface area contributed by atoms with Crippen LogP contribution in [-0.2, 0) is 0 Å². The molecule has 2 unspecified atom stereocenters. The SMILES string of the molecule is C/C(=C\COc1ccccc1)CCCC(C)CCCC(C)CCCC(C)C.CC(C)=CCC/C(C)=C/CC/C(C)=C/COc1c(C)cc(C)cc1C. The Balaban J connectivity index is 0.000000522. The number of hydrogen-bond donors (Lipinski definition) is 0. The third-order valence-electron chi connectivity index (χ3n) is 9.95. The van der Waals surface area contributed by atoms with Gasteiger partial charge in [0.2, 0.25) is 0 Å². The van der Waals surface area contributed by atoms with Crippen molar-refractivity contribution < 1.29 is 9.47 Å². The summed E-state index contributed by atoms with van der Waals surface area (Å²) in [5.41, 5.74) is 9.49. The maximum Gasteiger partial charge on any atom is 0.125 e. The van der Waals surface area contributed by atoms with Crippen LogP contribution in [0.2, 0.25) is 0 Å². The van der Waals surface area contributed by atoms with Gasteiger partial charge in [-0.05, 0) is 147 Å². The van der Waals surface area contributed by atoms with Crippen LogP contribution < -0.4 is 9.47 Å². The van der Waals surface area contributed by atoms with Gasteiger partial charge in [0.05, 0.1) is 0 Å². The Kier molecular flexibility index (Phi) is 25.8. The summed E-state index contributed by atoms with van der Waals surface area (Å²) in [7, 11) is 0. The zero-order valence-electron chi connectivity index (χ0n) is 36.0. The second kappa shape index (κ2) is 28.5. The fourth-order valence-corrected chi connectivity index (χ4v) is 6.61. The Morgan fingerprint density at radius 1 is 0.558 bits per heavy atom. The molecule has 2 nitrogen and oxygen atoms in total. The van der Waals surface area contributed by atoms with Crippen molar-refractivity contribution in [2.24, 2.45) is 17.8 Å². The molecule has 0 saturated heterocycles. The van der Waals surface area contributed by atoms with Crippen LogP contribution in [0.5, 0.6) is 11.5 Å². The van der Waals surface area contributed by atoms with Gasteiger partial charge in [-0.2, -0.15) is 0 Å². The maximum absolute atomic E-state index is 6.00. The second-order valence-corrected chi connectivity index (χ2v) is 16.5. The van der Waals surface area contributed by atoms with Crippen molar-refractivity contribution in [3.8, 4) is 11.5 Å². The van der Waals surface area contributed by atoms with E-state index in [9.17, 15) is 0 Å². The molecule has 0 heterocycles. The van der Waals surface area contributed by atoms with Gasteiger partial charge in [0.25, 0.3) is 0 Å². The molecule has 0 amide bonds. The standard InChI is InChI=1S/C26H44O.C24H36O/c1-22(2)12-9-13-23(3)14-10-15-24(4)16-11-17-25(5)20-21-27-26-18-7-6-8-19-26;1-18(2)10-8-11-19(3)12-9-13-20(4)14-15-25-24-22(6)16-21(5)17-23(24)7/h6-8,18-20,22-24H,9-17,21H2,1-5H3;10,12,14,16-17H,8-9,11,13,15H2,1-7H3/b25-20+;19-12+,20-14+. The lowest BCUT2D eigenvalue weighted by Crippen LogP contribution is -2.00. The summed E-state index contributed by atoms with van der Waals surface area (Å²) in [5.74, 6) is 4.62. The third-order valence-corrected chi connectivity index (χ3v) is 9.95. The minimum Gasteiger partial charge on any atom is -0.490 e. The summed E-state index contributed by atoms with van der Waals surface area (Å²) >= 11 is 0. The molecule has 2 rings (SSSR count). The molecule has 0 radical (unpaired) electrons.